The summed E-state index contributed by atoms with van der Waals surface area (Å²) in [6.45, 7) is 10.0. The average Bonchev–Trinajstić information content (AvgIpc) is 3.15. The molecule has 32 heavy (non-hydrogen) atoms. The summed E-state index contributed by atoms with van der Waals surface area (Å²) >= 11 is 0. The highest BCUT2D eigenvalue weighted by Gasteiger charge is 2.34. The van der Waals surface area contributed by atoms with Crippen molar-refractivity contribution >= 4 is 17.5 Å². The van der Waals surface area contributed by atoms with Crippen LogP contribution in [-0.2, 0) is 9.59 Å². The second kappa shape index (κ2) is 9.23. The van der Waals surface area contributed by atoms with Crippen LogP contribution in [0, 0.1) is 25.1 Å². The van der Waals surface area contributed by atoms with E-state index in [1.54, 1.807) is 19.2 Å². The van der Waals surface area contributed by atoms with Crippen molar-refractivity contribution < 1.29 is 14.0 Å². The fourth-order valence-corrected chi connectivity index (χ4v) is 3.73. The van der Waals surface area contributed by atoms with Crippen LogP contribution in [0.3, 0.4) is 0 Å². The molecule has 0 saturated heterocycles. The molecule has 0 bridgehead atoms. The van der Waals surface area contributed by atoms with Crippen LogP contribution in [0.25, 0.3) is 0 Å². The maximum absolute atomic E-state index is 13.5. The number of amides is 2. The van der Waals surface area contributed by atoms with Crippen LogP contribution in [-0.4, -0.2) is 41.0 Å². The number of aryl methyl sites for hydroxylation is 2. The first-order valence-corrected chi connectivity index (χ1v) is 10.9. The summed E-state index contributed by atoms with van der Waals surface area (Å²) in [4.78, 5) is 27.2. The highest BCUT2D eigenvalue weighted by atomic mass is 19.1. The minimum atomic E-state index is -0.342. The molecule has 1 atom stereocenters. The van der Waals surface area contributed by atoms with Gasteiger partial charge in [-0.15, -0.1) is 0 Å². The van der Waals surface area contributed by atoms with Gasteiger partial charge >= 0.3 is 0 Å². The summed E-state index contributed by atoms with van der Waals surface area (Å²) in [6.07, 6.45) is 0.884. The molecule has 0 aromatic heterocycles. The van der Waals surface area contributed by atoms with Gasteiger partial charge in [0.1, 0.15) is 12.4 Å². The molecule has 2 amide bonds. The fraction of sp³-hybridized carbons (Fsp3) is 0.423. The summed E-state index contributed by atoms with van der Waals surface area (Å²) in [7, 11) is 1.64. The van der Waals surface area contributed by atoms with Crippen molar-refractivity contribution in [1.29, 1.82) is 0 Å². The third-order valence-corrected chi connectivity index (χ3v) is 5.74. The number of hydrogen-bond donors (Lipinski definition) is 0. The van der Waals surface area contributed by atoms with E-state index in [2.05, 4.69) is 18.1 Å². The fourth-order valence-electron chi connectivity index (χ4n) is 3.73. The van der Waals surface area contributed by atoms with Gasteiger partial charge in [-0.25, -0.2) is 9.40 Å². The van der Waals surface area contributed by atoms with Gasteiger partial charge in [0.2, 0.25) is 5.91 Å². The SMILES string of the molecule is Cc1ccc(C2=NN(C(=O)CN(C)C(=O)CC(C)(C)C)C(c3ccc(F)cc3)C2)cc1C. The van der Waals surface area contributed by atoms with Crippen molar-refractivity contribution in [2.75, 3.05) is 13.6 Å². The molecule has 1 aliphatic heterocycles. The maximum Gasteiger partial charge on any atom is 0.262 e. The summed E-state index contributed by atoms with van der Waals surface area (Å²) in [6, 6.07) is 11.9. The van der Waals surface area contributed by atoms with E-state index in [0.29, 0.717) is 12.8 Å². The Morgan fingerprint density at radius 2 is 1.75 bits per heavy atom. The Labute approximate surface area is 189 Å². The zero-order valence-corrected chi connectivity index (χ0v) is 19.8. The van der Waals surface area contributed by atoms with Gasteiger partial charge < -0.3 is 4.90 Å². The molecule has 0 spiro atoms. The minimum Gasteiger partial charge on any atom is -0.336 e. The molecule has 0 fully saturated rings. The van der Waals surface area contributed by atoms with Crippen LogP contribution in [0.1, 0.15) is 61.9 Å². The van der Waals surface area contributed by atoms with Crippen LogP contribution < -0.4 is 0 Å². The van der Waals surface area contributed by atoms with E-state index < -0.39 is 0 Å². The molecule has 1 aliphatic rings. The van der Waals surface area contributed by atoms with Crippen LogP contribution in [0.5, 0.6) is 0 Å². The van der Waals surface area contributed by atoms with E-state index in [0.717, 1.165) is 22.4 Å². The summed E-state index contributed by atoms with van der Waals surface area (Å²) < 4.78 is 13.5. The van der Waals surface area contributed by atoms with Crippen molar-refractivity contribution in [3.05, 3.63) is 70.5 Å². The second-order valence-corrected chi connectivity index (χ2v) is 9.84. The number of benzene rings is 2. The average molecular weight is 438 g/mol. The Morgan fingerprint density at radius 1 is 1.09 bits per heavy atom. The quantitative estimate of drug-likeness (QED) is 0.660. The first-order chi connectivity index (χ1) is 14.9. The molecular formula is C26H32FN3O2. The van der Waals surface area contributed by atoms with Gasteiger partial charge in [0, 0.05) is 19.9 Å². The topological polar surface area (TPSA) is 53.0 Å². The Kier molecular flexibility index (Phi) is 6.82. The number of likely N-dealkylation sites (N-methyl/N-ethyl adjacent to an activating group) is 1. The van der Waals surface area contributed by atoms with Crippen molar-refractivity contribution in [2.24, 2.45) is 10.5 Å². The van der Waals surface area contributed by atoms with Gasteiger partial charge in [-0.2, -0.15) is 5.10 Å². The molecular weight excluding hydrogens is 405 g/mol. The molecule has 0 aliphatic carbocycles. The molecule has 170 valence electrons. The summed E-state index contributed by atoms with van der Waals surface area (Å²) in [5.41, 5.74) is 4.76. The van der Waals surface area contributed by atoms with Crippen LogP contribution in [0.15, 0.2) is 47.6 Å². The Morgan fingerprint density at radius 3 is 2.34 bits per heavy atom. The van der Waals surface area contributed by atoms with Gasteiger partial charge in [0.25, 0.3) is 5.91 Å². The van der Waals surface area contributed by atoms with Crippen LogP contribution >= 0.6 is 0 Å². The third kappa shape index (κ3) is 5.61. The zero-order valence-electron chi connectivity index (χ0n) is 19.8. The van der Waals surface area contributed by atoms with Gasteiger partial charge in [0.05, 0.1) is 11.8 Å². The number of nitrogens with zero attached hydrogens (tertiary/aromatic N) is 3. The number of rotatable bonds is 5. The van der Waals surface area contributed by atoms with E-state index in [-0.39, 0.29) is 35.6 Å². The highest BCUT2D eigenvalue weighted by Crippen LogP contribution is 2.33. The van der Waals surface area contributed by atoms with E-state index in [1.807, 2.05) is 39.8 Å². The molecule has 2 aromatic rings. The standard InChI is InChI=1S/C26H32FN3O2/c1-17-7-8-20(13-18(17)2)22-14-23(19-9-11-21(27)12-10-19)30(28-22)25(32)16-29(6)24(31)15-26(3,4)5/h7-13,23H,14-16H2,1-6H3. The lowest BCUT2D eigenvalue weighted by Gasteiger charge is -2.26. The van der Waals surface area contributed by atoms with Crippen molar-refractivity contribution in [3.8, 4) is 0 Å². The third-order valence-electron chi connectivity index (χ3n) is 5.74. The van der Waals surface area contributed by atoms with Gasteiger partial charge in [-0.05, 0) is 59.7 Å². The normalized spacial score (nSPS) is 16.2. The van der Waals surface area contributed by atoms with Crippen molar-refractivity contribution in [1.82, 2.24) is 9.91 Å². The molecule has 5 nitrogen and oxygen atoms in total. The number of carbonyl (C=O) groups is 2. The number of halogens is 1. The zero-order chi connectivity index (χ0) is 23.6. The van der Waals surface area contributed by atoms with Crippen LogP contribution in [0.2, 0.25) is 0 Å². The second-order valence-electron chi connectivity index (χ2n) is 9.84. The van der Waals surface area contributed by atoms with Crippen molar-refractivity contribution in [2.45, 2.75) is 53.5 Å². The molecule has 0 saturated carbocycles. The lowest BCUT2D eigenvalue weighted by molar-refractivity contribution is -0.141. The molecule has 3 rings (SSSR count). The number of hydrazone groups is 1. The lowest BCUT2D eigenvalue weighted by Crippen LogP contribution is -2.40. The number of hydrogen-bond acceptors (Lipinski definition) is 3. The molecule has 0 radical (unpaired) electrons. The maximum atomic E-state index is 13.5. The predicted molar refractivity (Wildman–Crippen MR) is 125 cm³/mol. The Balaban J connectivity index is 1.87. The molecule has 1 heterocycles. The van der Waals surface area contributed by atoms with E-state index in [4.69, 9.17) is 0 Å². The van der Waals surface area contributed by atoms with Crippen LogP contribution in [0.4, 0.5) is 4.39 Å². The van der Waals surface area contributed by atoms with E-state index >= 15 is 0 Å². The Bertz CT molecular complexity index is 1040. The predicted octanol–water partition coefficient (Wildman–Crippen LogP) is 5.01. The first kappa shape index (κ1) is 23.6. The summed E-state index contributed by atoms with van der Waals surface area (Å²) in [5, 5.41) is 6.12. The highest BCUT2D eigenvalue weighted by molar-refractivity contribution is 6.03. The lowest BCUT2D eigenvalue weighted by atomic mass is 9.92. The monoisotopic (exact) mass is 437 g/mol. The van der Waals surface area contributed by atoms with E-state index in [9.17, 15) is 14.0 Å². The first-order valence-electron chi connectivity index (χ1n) is 10.9. The smallest absolute Gasteiger partial charge is 0.262 e. The summed E-state index contributed by atoms with van der Waals surface area (Å²) in [5.74, 6) is -0.669. The molecule has 2 aromatic carbocycles. The molecule has 0 N–H and O–H groups in total. The largest absolute Gasteiger partial charge is 0.336 e. The van der Waals surface area contributed by atoms with Gasteiger partial charge in [-0.3, -0.25) is 9.59 Å². The number of carbonyl (C=O) groups excluding carboxylic acids is 2. The van der Waals surface area contributed by atoms with E-state index in [1.165, 1.54) is 27.6 Å². The Hall–Kier alpha value is -3.02. The minimum absolute atomic E-state index is 0.0592. The molecule has 6 heteroatoms. The van der Waals surface area contributed by atoms with Crippen molar-refractivity contribution in [3.63, 3.8) is 0 Å². The molecule has 1 unspecified atom stereocenters. The van der Waals surface area contributed by atoms with Gasteiger partial charge in [0.15, 0.2) is 0 Å². The van der Waals surface area contributed by atoms with Gasteiger partial charge in [-0.1, -0.05) is 45.0 Å².